The SMILES string of the molecule is CCOC(=O)c1nc2ccc(Cl)nn2c1-c1ccc(OC)cc1OC. The van der Waals surface area contributed by atoms with Gasteiger partial charge in [-0.15, -0.1) is 0 Å². The lowest BCUT2D eigenvalue weighted by atomic mass is 10.1. The number of benzene rings is 1. The van der Waals surface area contributed by atoms with Crippen LogP contribution in [0, 0.1) is 0 Å². The molecule has 1 aromatic carbocycles. The lowest BCUT2D eigenvalue weighted by Gasteiger charge is -2.11. The van der Waals surface area contributed by atoms with E-state index < -0.39 is 5.97 Å². The van der Waals surface area contributed by atoms with Gasteiger partial charge in [0.05, 0.1) is 20.8 Å². The van der Waals surface area contributed by atoms with Crippen molar-refractivity contribution in [3.63, 3.8) is 0 Å². The number of halogens is 1. The van der Waals surface area contributed by atoms with E-state index in [1.807, 2.05) is 0 Å². The van der Waals surface area contributed by atoms with E-state index in [4.69, 9.17) is 25.8 Å². The highest BCUT2D eigenvalue weighted by Gasteiger charge is 2.25. The third-order valence-corrected chi connectivity index (χ3v) is 3.78. The average molecular weight is 362 g/mol. The standard InChI is InChI=1S/C17H16ClN3O4/c1-4-25-17(22)15-16(21-14(19-15)8-7-13(18)20-21)11-6-5-10(23-2)9-12(11)24-3/h5-9H,4H2,1-3H3. The minimum atomic E-state index is -0.544. The molecule has 130 valence electrons. The van der Waals surface area contributed by atoms with Crippen molar-refractivity contribution in [2.75, 3.05) is 20.8 Å². The molecule has 0 bridgehead atoms. The number of fused-ring (bicyclic) bond motifs is 1. The number of rotatable bonds is 5. The normalized spacial score (nSPS) is 10.7. The van der Waals surface area contributed by atoms with Crippen molar-refractivity contribution in [2.45, 2.75) is 6.92 Å². The molecule has 3 rings (SSSR count). The van der Waals surface area contributed by atoms with Gasteiger partial charge in [-0.2, -0.15) is 5.10 Å². The Bertz CT molecular complexity index is 939. The molecule has 25 heavy (non-hydrogen) atoms. The van der Waals surface area contributed by atoms with Crippen LogP contribution in [0.15, 0.2) is 30.3 Å². The summed E-state index contributed by atoms with van der Waals surface area (Å²) >= 11 is 6.02. The van der Waals surface area contributed by atoms with E-state index in [1.165, 1.54) is 11.6 Å². The number of nitrogens with zero attached hydrogens (tertiary/aromatic N) is 3. The van der Waals surface area contributed by atoms with Crippen LogP contribution in [0.3, 0.4) is 0 Å². The number of carbonyl (C=O) groups is 1. The molecule has 3 aromatic rings. The summed E-state index contributed by atoms with van der Waals surface area (Å²) in [6.45, 7) is 1.97. The minimum Gasteiger partial charge on any atom is -0.497 e. The third kappa shape index (κ3) is 3.10. The van der Waals surface area contributed by atoms with Crippen LogP contribution in [0.5, 0.6) is 11.5 Å². The summed E-state index contributed by atoms with van der Waals surface area (Å²) in [5.41, 5.74) is 1.67. The maximum Gasteiger partial charge on any atom is 0.359 e. The van der Waals surface area contributed by atoms with Gasteiger partial charge in [-0.1, -0.05) is 11.6 Å². The number of esters is 1. The molecule has 2 heterocycles. The first kappa shape index (κ1) is 17.0. The Kier molecular flexibility index (Phi) is 4.76. The summed E-state index contributed by atoms with van der Waals surface area (Å²) in [5.74, 6) is 0.587. The van der Waals surface area contributed by atoms with Gasteiger partial charge in [0.2, 0.25) is 0 Å². The summed E-state index contributed by atoms with van der Waals surface area (Å²) in [6.07, 6.45) is 0. The topological polar surface area (TPSA) is 75.0 Å². The van der Waals surface area contributed by atoms with E-state index >= 15 is 0 Å². The summed E-state index contributed by atoms with van der Waals surface area (Å²) in [6, 6.07) is 8.53. The molecule has 0 aliphatic carbocycles. The second-order valence-corrected chi connectivity index (χ2v) is 5.41. The van der Waals surface area contributed by atoms with E-state index in [9.17, 15) is 4.79 Å². The quantitative estimate of drug-likeness (QED) is 0.649. The molecule has 0 unspecified atom stereocenters. The lowest BCUT2D eigenvalue weighted by Crippen LogP contribution is -2.08. The number of hydrogen-bond acceptors (Lipinski definition) is 6. The van der Waals surface area contributed by atoms with Crippen LogP contribution in [0.2, 0.25) is 5.15 Å². The van der Waals surface area contributed by atoms with Crippen molar-refractivity contribution >= 4 is 23.2 Å². The number of imidazole rings is 1. The molecule has 0 aliphatic rings. The van der Waals surface area contributed by atoms with Crippen molar-refractivity contribution in [1.82, 2.24) is 14.6 Å². The van der Waals surface area contributed by atoms with Crippen LogP contribution < -0.4 is 9.47 Å². The molecular weight excluding hydrogens is 346 g/mol. The maximum atomic E-state index is 12.4. The average Bonchev–Trinajstić information content (AvgIpc) is 2.99. The van der Waals surface area contributed by atoms with Crippen LogP contribution >= 0.6 is 11.6 Å². The fourth-order valence-corrected chi connectivity index (χ4v) is 2.63. The zero-order valence-corrected chi connectivity index (χ0v) is 14.7. The predicted octanol–water partition coefficient (Wildman–Crippen LogP) is 3.24. The van der Waals surface area contributed by atoms with E-state index in [1.54, 1.807) is 44.4 Å². The van der Waals surface area contributed by atoms with Gasteiger partial charge in [0.15, 0.2) is 11.3 Å². The summed E-state index contributed by atoms with van der Waals surface area (Å²) in [5, 5.41) is 4.53. The highest BCUT2D eigenvalue weighted by molar-refractivity contribution is 6.29. The summed E-state index contributed by atoms with van der Waals surface area (Å²) in [4.78, 5) is 16.7. The summed E-state index contributed by atoms with van der Waals surface area (Å²) < 4.78 is 17.3. The van der Waals surface area contributed by atoms with E-state index in [-0.39, 0.29) is 17.5 Å². The number of hydrogen-bond donors (Lipinski definition) is 0. The van der Waals surface area contributed by atoms with Gasteiger partial charge in [0.1, 0.15) is 22.3 Å². The molecule has 8 heteroatoms. The first-order valence-corrected chi connectivity index (χ1v) is 7.91. The lowest BCUT2D eigenvalue weighted by molar-refractivity contribution is 0.0521. The van der Waals surface area contributed by atoms with Crippen LogP contribution in [0.4, 0.5) is 0 Å². The smallest absolute Gasteiger partial charge is 0.359 e. The Morgan fingerprint density at radius 1 is 1.20 bits per heavy atom. The molecule has 0 atom stereocenters. The maximum absolute atomic E-state index is 12.4. The second-order valence-electron chi connectivity index (χ2n) is 5.02. The molecule has 0 saturated heterocycles. The first-order valence-electron chi connectivity index (χ1n) is 7.53. The fourth-order valence-electron chi connectivity index (χ4n) is 2.49. The molecule has 0 radical (unpaired) electrons. The molecular formula is C17H16ClN3O4. The largest absolute Gasteiger partial charge is 0.497 e. The molecule has 7 nitrogen and oxygen atoms in total. The van der Waals surface area contributed by atoms with E-state index in [2.05, 4.69) is 10.1 Å². The zero-order valence-electron chi connectivity index (χ0n) is 13.9. The molecule has 0 spiro atoms. The second kappa shape index (κ2) is 6.98. The van der Waals surface area contributed by atoms with Crippen LogP contribution in [-0.2, 0) is 4.74 Å². The Morgan fingerprint density at radius 3 is 2.68 bits per heavy atom. The Morgan fingerprint density at radius 2 is 2.00 bits per heavy atom. The number of ether oxygens (including phenoxy) is 3. The van der Waals surface area contributed by atoms with Gasteiger partial charge in [-0.3, -0.25) is 0 Å². The number of aromatic nitrogens is 3. The highest BCUT2D eigenvalue weighted by atomic mass is 35.5. The molecule has 0 aliphatic heterocycles. The zero-order chi connectivity index (χ0) is 18.0. The predicted molar refractivity (Wildman–Crippen MR) is 92.5 cm³/mol. The van der Waals surface area contributed by atoms with Crippen LogP contribution in [-0.4, -0.2) is 41.4 Å². The van der Waals surface area contributed by atoms with Gasteiger partial charge in [0, 0.05) is 11.6 Å². The third-order valence-electron chi connectivity index (χ3n) is 3.58. The van der Waals surface area contributed by atoms with E-state index in [0.717, 1.165) is 0 Å². The van der Waals surface area contributed by atoms with Crippen LogP contribution in [0.25, 0.3) is 16.9 Å². The molecule has 0 N–H and O–H groups in total. The van der Waals surface area contributed by atoms with Crippen molar-refractivity contribution in [1.29, 1.82) is 0 Å². The Balaban J connectivity index is 2.31. The first-order chi connectivity index (χ1) is 12.1. The van der Waals surface area contributed by atoms with Gasteiger partial charge < -0.3 is 14.2 Å². The Labute approximate surface area is 149 Å². The monoisotopic (exact) mass is 361 g/mol. The van der Waals surface area contributed by atoms with Crippen molar-refractivity contribution in [2.24, 2.45) is 0 Å². The van der Waals surface area contributed by atoms with Gasteiger partial charge in [0.25, 0.3) is 0 Å². The van der Waals surface area contributed by atoms with Gasteiger partial charge in [-0.05, 0) is 31.2 Å². The van der Waals surface area contributed by atoms with Crippen molar-refractivity contribution in [3.8, 4) is 22.8 Å². The minimum absolute atomic E-state index is 0.139. The molecule has 0 amide bonds. The fraction of sp³-hybridized carbons (Fsp3) is 0.235. The van der Waals surface area contributed by atoms with Gasteiger partial charge >= 0.3 is 5.97 Å². The molecule has 0 fully saturated rings. The summed E-state index contributed by atoms with van der Waals surface area (Å²) in [7, 11) is 3.10. The number of methoxy groups -OCH3 is 2. The van der Waals surface area contributed by atoms with Crippen LogP contribution in [0.1, 0.15) is 17.4 Å². The highest BCUT2D eigenvalue weighted by Crippen LogP contribution is 2.35. The Hall–Kier alpha value is -2.80. The van der Waals surface area contributed by atoms with Crippen molar-refractivity contribution in [3.05, 3.63) is 41.2 Å². The van der Waals surface area contributed by atoms with E-state index in [0.29, 0.717) is 28.4 Å². The number of carbonyl (C=O) groups excluding carboxylic acids is 1. The molecule has 0 saturated carbocycles. The van der Waals surface area contributed by atoms with Gasteiger partial charge in [-0.25, -0.2) is 14.3 Å². The molecule has 2 aromatic heterocycles. The van der Waals surface area contributed by atoms with Crippen molar-refractivity contribution < 1.29 is 19.0 Å².